The van der Waals surface area contributed by atoms with Crippen LogP contribution in [0.25, 0.3) is 0 Å². The monoisotopic (exact) mass is 215 g/mol. The summed E-state index contributed by atoms with van der Waals surface area (Å²) >= 11 is 2.08. The SMILES string of the molecule is CN=C(NC)N1CCC(SC(C)C)C1. The van der Waals surface area contributed by atoms with Crippen LogP contribution in [0.1, 0.15) is 20.3 Å². The maximum atomic E-state index is 4.22. The van der Waals surface area contributed by atoms with Gasteiger partial charge in [-0.25, -0.2) is 0 Å². The fourth-order valence-electron chi connectivity index (χ4n) is 1.83. The van der Waals surface area contributed by atoms with Gasteiger partial charge in [-0.2, -0.15) is 11.8 Å². The third-order valence-corrected chi connectivity index (χ3v) is 3.66. The van der Waals surface area contributed by atoms with Crippen LogP contribution in [-0.2, 0) is 0 Å². The van der Waals surface area contributed by atoms with Crippen LogP contribution in [0.5, 0.6) is 0 Å². The molecule has 0 aromatic rings. The Kier molecular flexibility index (Phi) is 4.58. The predicted octanol–water partition coefficient (Wildman–Crippen LogP) is 1.41. The van der Waals surface area contributed by atoms with Crippen molar-refractivity contribution < 1.29 is 0 Å². The minimum absolute atomic E-state index is 0.733. The molecule has 1 atom stereocenters. The number of nitrogens with one attached hydrogen (secondary N) is 1. The lowest BCUT2D eigenvalue weighted by atomic mass is 10.4. The van der Waals surface area contributed by atoms with Crippen molar-refractivity contribution >= 4 is 17.7 Å². The van der Waals surface area contributed by atoms with Crippen molar-refractivity contribution in [2.24, 2.45) is 4.99 Å². The second-order valence-corrected chi connectivity index (χ2v) is 5.72. The molecule has 1 rings (SSSR count). The molecule has 3 nitrogen and oxygen atoms in total. The highest BCUT2D eigenvalue weighted by atomic mass is 32.2. The molecule has 82 valence electrons. The fourth-order valence-corrected chi connectivity index (χ4v) is 3.11. The first-order chi connectivity index (χ1) is 6.67. The molecule has 1 heterocycles. The van der Waals surface area contributed by atoms with Crippen LogP contribution in [-0.4, -0.2) is 48.5 Å². The molecule has 0 aromatic heterocycles. The van der Waals surface area contributed by atoms with Crippen molar-refractivity contribution in [3.05, 3.63) is 0 Å². The zero-order valence-electron chi connectivity index (χ0n) is 9.58. The summed E-state index contributed by atoms with van der Waals surface area (Å²) in [6.45, 7) is 6.80. The molecular formula is C10H21N3S. The number of hydrogen-bond acceptors (Lipinski definition) is 2. The zero-order chi connectivity index (χ0) is 10.6. The molecule has 1 unspecified atom stereocenters. The Bertz CT molecular complexity index is 204. The van der Waals surface area contributed by atoms with E-state index in [0.29, 0.717) is 0 Å². The number of aliphatic imine (C=N–C) groups is 1. The van der Waals surface area contributed by atoms with E-state index in [0.717, 1.165) is 29.5 Å². The van der Waals surface area contributed by atoms with Crippen molar-refractivity contribution in [1.29, 1.82) is 0 Å². The summed E-state index contributed by atoms with van der Waals surface area (Å²) in [5.74, 6) is 1.02. The van der Waals surface area contributed by atoms with Gasteiger partial charge in [0.25, 0.3) is 0 Å². The third-order valence-electron chi connectivity index (χ3n) is 2.34. The topological polar surface area (TPSA) is 27.6 Å². The van der Waals surface area contributed by atoms with Crippen molar-refractivity contribution in [3.8, 4) is 0 Å². The Hall–Kier alpha value is -0.380. The van der Waals surface area contributed by atoms with Gasteiger partial charge in [-0.15, -0.1) is 0 Å². The number of hydrogen-bond donors (Lipinski definition) is 1. The standard InChI is InChI=1S/C10H21N3S/c1-8(2)14-9-5-6-13(7-9)10(11-3)12-4/h8-9H,5-7H2,1-4H3,(H,11,12). The number of thioether (sulfide) groups is 1. The molecule has 1 saturated heterocycles. The first-order valence-electron chi connectivity index (χ1n) is 5.22. The number of guanidine groups is 1. The number of nitrogens with zero attached hydrogens (tertiary/aromatic N) is 2. The summed E-state index contributed by atoms with van der Waals surface area (Å²) in [7, 11) is 3.78. The molecule has 0 radical (unpaired) electrons. The van der Waals surface area contributed by atoms with Crippen LogP contribution in [0.4, 0.5) is 0 Å². The molecule has 1 aliphatic heterocycles. The molecule has 0 aliphatic carbocycles. The van der Waals surface area contributed by atoms with Crippen molar-refractivity contribution in [2.75, 3.05) is 27.2 Å². The van der Waals surface area contributed by atoms with Gasteiger partial charge < -0.3 is 10.2 Å². The van der Waals surface area contributed by atoms with Crippen LogP contribution >= 0.6 is 11.8 Å². The van der Waals surface area contributed by atoms with E-state index in [1.807, 2.05) is 14.1 Å². The first kappa shape index (κ1) is 11.7. The molecule has 0 saturated carbocycles. The van der Waals surface area contributed by atoms with Gasteiger partial charge in [0.15, 0.2) is 5.96 Å². The number of rotatable bonds is 2. The van der Waals surface area contributed by atoms with E-state index in [9.17, 15) is 0 Å². The van der Waals surface area contributed by atoms with Crippen LogP contribution in [0.15, 0.2) is 4.99 Å². The second kappa shape index (κ2) is 5.49. The molecular weight excluding hydrogens is 194 g/mol. The van der Waals surface area contributed by atoms with E-state index >= 15 is 0 Å². The third kappa shape index (κ3) is 3.08. The fraction of sp³-hybridized carbons (Fsp3) is 0.900. The highest BCUT2D eigenvalue weighted by Crippen LogP contribution is 2.25. The van der Waals surface area contributed by atoms with E-state index in [2.05, 4.69) is 40.8 Å². The molecule has 0 amide bonds. The minimum Gasteiger partial charge on any atom is -0.359 e. The molecule has 1 aliphatic rings. The van der Waals surface area contributed by atoms with Gasteiger partial charge in [-0.1, -0.05) is 13.8 Å². The van der Waals surface area contributed by atoms with Gasteiger partial charge >= 0.3 is 0 Å². The second-order valence-electron chi connectivity index (χ2n) is 3.84. The molecule has 1 N–H and O–H groups in total. The van der Waals surface area contributed by atoms with Gasteiger partial charge in [0.1, 0.15) is 0 Å². The quantitative estimate of drug-likeness (QED) is 0.557. The minimum atomic E-state index is 0.733. The summed E-state index contributed by atoms with van der Waals surface area (Å²) in [4.78, 5) is 6.56. The normalized spacial score (nSPS) is 23.4. The van der Waals surface area contributed by atoms with E-state index in [4.69, 9.17) is 0 Å². The van der Waals surface area contributed by atoms with E-state index < -0.39 is 0 Å². The average molecular weight is 215 g/mol. The smallest absolute Gasteiger partial charge is 0.193 e. The number of likely N-dealkylation sites (tertiary alicyclic amines) is 1. The Morgan fingerprint density at radius 2 is 2.29 bits per heavy atom. The van der Waals surface area contributed by atoms with Gasteiger partial charge in [0.2, 0.25) is 0 Å². The maximum absolute atomic E-state index is 4.22. The maximum Gasteiger partial charge on any atom is 0.193 e. The van der Waals surface area contributed by atoms with Gasteiger partial charge in [-0.3, -0.25) is 4.99 Å². The van der Waals surface area contributed by atoms with E-state index in [1.165, 1.54) is 6.42 Å². The van der Waals surface area contributed by atoms with Crippen molar-refractivity contribution in [1.82, 2.24) is 10.2 Å². The Labute approximate surface area is 91.3 Å². The van der Waals surface area contributed by atoms with E-state index in [-0.39, 0.29) is 0 Å². The molecule has 0 aromatic carbocycles. The average Bonchev–Trinajstić information content (AvgIpc) is 2.54. The first-order valence-corrected chi connectivity index (χ1v) is 6.16. The van der Waals surface area contributed by atoms with Gasteiger partial charge in [0, 0.05) is 32.4 Å². The molecule has 0 spiro atoms. The summed E-state index contributed by atoms with van der Waals surface area (Å²) < 4.78 is 0. The van der Waals surface area contributed by atoms with Gasteiger partial charge in [-0.05, 0) is 11.7 Å². The van der Waals surface area contributed by atoms with Gasteiger partial charge in [0.05, 0.1) is 0 Å². The zero-order valence-corrected chi connectivity index (χ0v) is 10.4. The lowest BCUT2D eigenvalue weighted by Gasteiger charge is -2.20. The van der Waals surface area contributed by atoms with Crippen molar-refractivity contribution in [2.45, 2.75) is 30.8 Å². The highest BCUT2D eigenvalue weighted by molar-refractivity contribution is 8.00. The Morgan fingerprint density at radius 3 is 2.79 bits per heavy atom. The highest BCUT2D eigenvalue weighted by Gasteiger charge is 2.25. The molecule has 14 heavy (non-hydrogen) atoms. The molecule has 4 heteroatoms. The predicted molar refractivity (Wildman–Crippen MR) is 65.1 cm³/mol. The summed E-state index contributed by atoms with van der Waals surface area (Å²) in [6.07, 6.45) is 1.28. The molecule has 1 fully saturated rings. The summed E-state index contributed by atoms with van der Waals surface area (Å²) in [5, 5.41) is 4.64. The summed E-state index contributed by atoms with van der Waals surface area (Å²) in [6, 6.07) is 0. The Morgan fingerprint density at radius 1 is 1.57 bits per heavy atom. The Balaban J connectivity index is 2.40. The van der Waals surface area contributed by atoms with Crippen LogP contribution in [0.3, 0.4) is 0 Å². The van der Waals surface area contributed by atoms with Crippen LogP contribution < -0.4 is 5.32 Å². The largest absolute Gasteiger partial charge is 0.359 e. The lowest BCUT2D eigenvalue weighted by molar-refractivity contribution is 0.502. The van der Waals surface area contributed by atoms with Crippen molar-refractivity contribution in [3.63, 3.8) is 0 Å². The summed E-state index contributed by atoms with van der Waals surface area (Å²) in [5.41, 5.74) is 0. The van der Waals surface area contributed by atoms with Crippen LogP contribution in [0.2, 0.25) is 0 Å². The van der Waals surface area contributed by atoms with Crippen LogP contribution in [0, 0.1) is 0 Å². The lowest BCUT2D eigenvalue weighted by Crippen LogP contribution is -2.38. The molecule has 0 bridgehead atoms. The van der Waals surface area contributed by atoms with E-state index in [1.54, 1.807) is 0 Å².